The zero-order chi connectivity index (χ0) is 14.7. The van der Waals surface area contributed by atoms with E-state index in [0.29, 0.717) is 10.9 Å². The first-order chi connectivity index (χ1) is 10.2. The monoisotopic (exact) mass is 331 g/mol. The first-order valence-corrected chi connectivity index (χ1v) is 8.67. The Kier molecular flexibility index (Phi) is 4.53. The zero-order valence-electron chi connectivity index (χ0n) is 11.2. The first kappa shape index (κ1) is 14.5. The van der Waals surface area contributed by atoms with Crippen LogP contribution in [-0.2, 0) is 11.2 Å². The van der Waals surface area contributed by atoms with Crippen molar-refractivity contribution in [2.45, 2.75) is 6.42 Å². The number of thioether (sulfide) groups is 1. The van der Waals surface area contributed by atoms with Crippen molar-refractivity contribution < 1.29 is 4.79 Å². The van der Waals surface area contributed by atoms with E-state index in [0.717, 1.165) is 16.2 Å². The fourth-order valence-electron chi connectivity index (χ4n) is 2.08. The quantitative estimate of drug-likeness (QED) is 0.619. The summed E-state index contributed by atoms with van der Waals surface area (Å²) in [5, 5.41) is 2.00. The van der Waals surface area contributed by atoms with Gasteiger partial charge in [-0.15, -0.1) is 11.3 Å². The molecule has 0 atom stereocenters. The van der Waals surface area contributed by atoms with Crippen LogP contribution in [0, 0.1) is 0 Å². The Morgan fingerprint density at radius 3 is 2.67 bits per heavy atom. The van der Waals surface area contributed by atoms with Crippen LogP contribution in [0.3, 0.4) is 0 Å². The summed E-state index contributed by atoms with van der Waals surface area (Å²) in [4.78, 5) is 15.9. The van der Waals surface area contributed by atoms with Gasteiger partial charge in [0.25, 0.3) is 5.91 Å². The molecule has 0 bridgehead atoms. The summed E-state index contributed by atoms with van der Waals surface area (Å²) in [7, 11) is 0. The highest BCUT2D eigenvalue weighted by Crippen LogP contribution is 2.33. The summed E-state index contributed by atoms with van der Waals surface area (Å²) in [5.74, 6) is 0.0225. The molecule has 0 aliphatic carbocycles. The van der Waals surface area contributed by atoms with Crippen LogP contribution in [-0.4, -0.2) is 21.7 Å². The van der Waals surface area contributed by atoms with Gasteiger partial charge in [0.2, 0.25) is 0 Å². The largest absolute Gasteiger partial charge is 0.293 e. The smallest absolute Gasteiger partial charge is 0.266 e. The van der Waals surface area contributed by atoms with E-state index in [2.05, 4.69) is 12.1 Å². The van der Waals surface area contributed by atoms with Gasteiger partial charge in [-0.05, 0) is 29.5 Å². The maximum absolute atomic E-state index is 12.4. The minimum atomic E-state index is 0.0225. The maximum Gasteiger partial charge on any atom is 0.266 e. The van der Waals surface area contributed by atoms with E-state index in [-0.39, 0.29) is 5.91 Å². The van der Waals surface area contributed by atoms with Crippen molar-refractivity contribution in [3.8, 4) is 0 Å². The number of rotatable bonds is 4. The summed E-state index contributed by atoms with van der Waals surface area (Å²) < 4.78 is 0.652. The Morgan fingerprint density at radius 1 is 1.14 bits per heavy atom. The molecule has 1 aliphatic rings. The Labute approximate surface area is 137 Å². The molecule has 1 aromatic heterocycles. The topological polar surface area (TPSA) is 20.3 Å². The minimum Gasteiger partial charge on any atom is -0.293 e. The van der Waals surface area contributed by atoms with Gasteiger partial charge in [0, 0.05) is 11.4 Å². The Hall–Kier alpha value is -1.43. The number of nitrogens with zero attached hydrogens (tertiary/aromatic N) is 1. The van der Waals surface area contributed by atoms with E-state index in [1.807, 2.05) is 41.8 Å². The van der Waals surface area contributed by atoms with Gasteiger partial charge < -0.3 is 0 Å². The van der Waals surface area contributed by atoms with Crippen LogP contribution in [0.25, 0.3) is 6.08 Å². The number of hydrogen-bond donors (Lipinski definition) is 0. The molecule has 2 aromatic rings. The van der Waals surface area contributed by atoms with Crippen LogP contribution < -0.4 is 0 Å². The third-order valence-electron chi connectivity index (χ3n) is 3.16. The molecule has 1 aliphatic heterocycles. The van der Waals surface area contributed by atoms with Crippen molar-refractivity contribution in [2.75, 3.05) is 6.54 Å². The van der Waals surface area contributed by atoms with Crippen molar-refractivity contribution in [1.82, 2.24) is 4.90 Å². The average molecular weight is 331 g/mol. The lowest BCUT2D eigenvalue weighted by Gasteiger charge is -2.14. The van der Waals surface area contributed by atoms with E-state index in [1.54, 1.807) is 16.2 Å². The second kappa shape index (κ2) is 6.56. The highest BCUT2D eigenvalue weighted by molar-refractivity contribution is 8.26. The number of benzene rings is 1. The van der Waals surface area contributed by atoms with Crippen molar-refractivity contribution in [1.29, 1.82) is 0 Å². The summed E-state index contributed by atoms with van der Waals surface area (Å²) in [5.41, 5.74) is 1.22. The molecule has 2 nitrogen and oxygen atoms in total. The van der Waals surface area contributed by atoms with Gasteiger partial charge in [0.15, 0.2) is 0 Å². The third-order valence-corrected chi connectivity index (χ3v) is 5.35. The highest BCUT2D eigenvalue weighted by Gasteiger charge is 2.31. The molecular weight excluding hydrogens is 318 g/mol. The van der Waals surface area contributed by atoms with Crippen LogP contribution in [0.2, 0.25) is 0 Å². The molecule has 5 heteroatoms. The molecule has 0 unspecified atom stereocenters. The average Bonchev–Trinajstić information content (AvgIpc) is 3.09. The minimum absolute atomic E-state index is 0.0225. The third kappa shape index (κ3) is 3.43. The van der Waals surface area contributed by atoms with E-state index in [9.17, 15) is 4.79 Å². The van der Waals surface area contributed by atoms with Crippen LogP contribution in [0.1, 0.15) is 10.4 Å². The Bertz CT molecular complexity index is 677. The summed E-state index contributed by atoms with van der Waals surface area (Å²) >= 11 is 8.35. The van der Waals surface area contributed by atoms with Crippen LogP contribution >= 0.6 is 35.3 Å². The maximum atomic E-state index is 12.4. The van der Waals surface area contributed by atoms with Gasteiger partial charge in [-0.25, -0.2) is 0 Å². The molecule has 1 amide bonds. The van der Waals surface area contributed by atoms with Crippen molar-refractivity contribution in [3.05, 3.63) is 63.2 Å². The molecule has 1 fully saturated rings. The molecule has 1 saturated heterocycles. The van der Waals surface area contributed by atoms with Gasteiger partial charge >= 0.3 is 0 Å². The molecule has 2 heterocycles. The molecule has 21 heavy (non-hydrogen) atoms. The fraction of sp³-hybridized carbons (Fsp3) is 0.125. The van der Waals surface area contributed by atoms with Crippen molar-refractivity contribution >= 4 is 51.6 Å². The first-order valence-electron chi connectivity index (χ1n) is 6.57. The number of carbonyl (C=O) groups is 1. The predicted molar refractivity (Wildman–Crippen MR) is 94.3 cm³/mol. The molecule has 106 valence electrons. The zero-order valence-corrected chi connectivity index (χ0v) is 13.6. The van der Waals surface area contributed by atoms with Crippen molar-refractivity contribution in [3.63, 3.8) is 0 Å². The number of hydrogen-bond acceptors (Lipinski definition) is 4. The standard InChI is InChI=1S/C16H13NOS3/c18-15-14(11-13-7-4-10-20-13)21-16(19)17(15)9-8-12-5-2-1-3-6-12/h1-7,10-11H,8-9H2. The van der Waals surface area contributed by atoms with E-state index in [1.165, 1.54) is 17.3 Å². The fourth-order valence-corrected chi connectivity index (χ4v) is 4.11. The van der Waals surface area contributed by atoms with Gasteiger partial charge in [0.05, 0.1) is 4.91 Å². The summed E-state index contributed by atoms with van der Waals surface area (Å²) in [6.07, 6.45) is 2.74. The lowest BCUT2D eigenvalue weighted by atomic mass is 10.1. The number of thiophene rings is 1. The summed E-state index contributed by atoms with van der Waals surface area (Å²) in [6.45, 7) is 0.635. The normalized spacial score (nSPS) is 17.0. The van der Waals surface area contributed by atoms with Gasteiger partial charge in [0.1, 0.15) is 4.32 Å². The molecule has 0 radical (unpaired) electrons. The van der Waals surface area contributed by atoms with Gasteiger partial charge in [-0.3, -0.25) is 9.69 Å². The highest BCUT2D eigenvalue weighted by atomic mass is 32.2. The van der Waals surface area contributed by atoms with Gasteiger partial charge in [-0.1, -0.05) is 60.4 Å². The Morgan fingerprint density at radius 2 is 1.95 bits per heavy atom. The number of amides is 1. The van der Waals surface area contributed by atoms with Crippen molar-refractivity contribution in [2.24, 2.45) is 0 Å². The Balaban J connectivity index is 1.69. The number of thiocarbonyl (C=S) groups is 1. The van der Waals surface area contributed by atoms with E-state index in [4.69, 9.17) is 12.2 Å². The molecule has 0 saturated carbocycles. The summed E-state index contributed by atoms with van der Waals surface area (Å²) in [6, 6.07) is 14.1. The van der Waals surface area contributed by atoms with Gasteiger partial charge in [-0.2, -0.15) is 0 Å². The van der Waals surface area contributed by atoms with E-state index >= 15 is 0 Å². The second-order valence-corrected chi connectivity index (χ2v) is 7.24. The molecule has 1 aromatic carbocycles. The molecular formula is C16H13NOS3. The van der Waals surface area contributed by atoms with Crippen LogP contribution in [0.5, 0.6) is 0 Å². The van der Waals surface area contributed by atoms with Crippen LogP contribution in [0.15, 0.2) is 52.7 Å². The lowest BCUT2D eigenvalue weighted by Crippen LogP contribution is -2.30. The second-order valence-electron chi connectivity index (χ2n) is 4.58. The predicted octanol–water partition coefficient (Wildman–Crippen LogP) is 4.19. The SMILES string of the molecule is O=C1C(=Cc2cccs2)SC(=S)N1CCc1ccccc1. The van der Waals surface area contributed by atoms with Crippen LogP contribution in [0.4, 0.5) is 0 Å². The number of carbonyl (C=O) groups excluding carboxylic acids is 1. The van der Waals surface area contributed by atoms with E-state index < -0.39 is 0 Å². The molecule has 0 spiro atoms. The lowest BCUT2D eigenvalue weighted by molar-refractivity contribution is -0.122. The molecule has 3 rings (SSSR count). The molecule has 0 N–H and O–H groups in total.